The van der Waals surface area contributed by atoms with Crippen LogP contribution in [0.15, 0.2) is 0 Å². The second-order valence-corrected chi connectivity index (χ2v) is 12.1. The van der Waals surface area contributed by atoms with Gasteiger partial charge in [-0.1, -0.05) is 6.92 Å². The first-order chi connectivity index (χ1) is 12.6. The Balaban J connectivity index is 1.28. The second-order valence-electron chi connectivity index (χ2n) is 9.40. The first-order valence-electron chi connectivity index (χ1n) is 11.2. The van der Waals surface area contributed by atoms with Crippen molar-refractivity contribution in [2.24, 2.45) is 47.3 Å². The Bertz CT molecular complexity index is 525. The highest BCUT2D eigenvalue weighted by molar-refractivity contribution is 6.60. The van der Waals surface area contributed by atoms with E-state index >= 15 is 0 Å². The zero-order valence-electron chi connectivity index (χ0n) is 16.9. The van der Waals surface area contributed by atoms with E-state index in [0.29, 0.717) is 32.0 Å². The molecule has 0 aromatic heterocycles. The van der Waals surface area contributed by atoms with Crippen molar-refractivity contribution in [3.05, 3.63) is 0 Å². The van der Waals surface area contributed by atoms with Crippen molar-refractivity contribution in [2.75, 3.05) is 19.8 Å². The summed E-state index contributed by atoms with van der Waals surface area (Å²) in [6, 6.07) is 0.997. The van der Waals surface area contributed by atoms with Crippen molar-refractivity contribution in [1.82, 2.24) is 0 Å². The monoisotopic (exact) mass is 380 g/mol. The Morgan fingerprint density at radius 1 is 0.808 bits per heavy atom. The van der Waals surface area contributed by atoms with Gasteiger partial charge in [-0.15, -0.1) is 0 Å². The molecule has 0 aromatic rings. The number of ether oxygens (including phenoxy) is 1. The molecule has 0 N–H and O–H groups in total. The van der Waals surface area contributed by atoms with Crippen molar-refractivity contribution in [3.63, 3.8) is 0 Å². The van der Waals surface area contributed by atoms with Crippen LogP contribution in [0.2, 0.25) is 6.04 Å². The highest BCUT2D eigenvalue weighted by atomic mass is 28.4. The lowest BCUT2D eigenvalue weighted by Crippen LogP contribution is -2.46. The average Bonchev–Trinajstić information content (AvgIpc) is 2.94. The lowest BCUT2D eigenvalue weighted by atomic mass is 9.67. The molecule has 5 aliphatic rings. The Labute approximate surface area is 159 Å². The van der Waals surface area contributed by atoms with Gasteiger partial charge in [-0.2, -0.15) is 0 Å². The molecule has 148 valence electrons. The Morgan fingerprint density at radius 3 is 2.04 bits per heavy atom. The van der Waals surface area contributed by atoms with E-state index in [9.17, 15) is 0 Å². The Kier molecular flexibility index (Phi) is 4.56. The molecule has 4 nitrogen and oxygen atoms in total. The Morgan fingerprint density at radius 2 is 1.42 bits per heavy atom. The first-order valence-corrected chi connectivity index (χ1v) is 13.1. The third-order valence-corrected chi connectivity index (χ3v) is 11.7. The van der Waals surface area contributed by atoms with Crippen LogP contribution in [0, 0.1) is 47.3 Å². The number of fused-ring (bicyclic) bond motifs is 12. The van der Waals surface area contributed by atoms with Gasteiger partial charge in [0.15, 0.2) is 0 Å². The van der Waals surface area contributed by atoms with Gasteiger partial charge in [0, 0.05) is 25.9 Å². The molecule has 10 unspecified atom stereocenters. The number of hydrogen-bond acceptors (Lipinski definition) is 4. The molecule has 0 aromatic carbocycles. The van der Waals surface area contributed by atoms with E-state index in [4.69, 9.17) is 18.0 Å². The molecule has 26 heavy (non-hydrogen) atoms. The van der Waals surface area contributed by atoms with Gasteiger partial charge in [0.2, 0.25) is 0 Å². The lowest BCUT2D eigenvalue weighted by Gasteiger charge is -2.38. The summed E-state index contributed by atoms with van der Waals surface area (Å²) in [5.41, 5.74) is 0. The molecule has 1 saturated heterocycles. The fraction of sp³-hybridized carbons (Fsp3) is 1.00. The molecule has 4 saturated carbocycles. The summed E-state index contributed by atoms with van der Waals surface area (Å²) in [6.07, 6.45) is 5.46. The predicted octanol–water partition coefficient (Wildman–Crippen LogP) is 3.98. The Hall–Kier alpha value is 0.0569. The number of rotatable bonds is 9. The van der Waals surface area contributed by atoms with E-state index in [1.54, 1.807) is 0 Å². The molecular weight excluding hydrogens is 344 g/mol. The first kappa shape index (κ1) is 18.1. The third kappa shape index (κ3) is 2.46. The SMILES string of the molecule is CCO[Si](CCC1CC2C(C)C1C1C3CC(C4OC34)C21)(OCC)OCC. The van der Waals surface area contributed by atoms with Crippen LogP contribution in [0.1, 0.15) is 47.0 Å². The molecule has 10 atom stereocenters. The zero-order chi connectivity index (χ0) is 18.1. The summed E-state index contributed by atoms with van der Waals surface area (Å²) in [5.74, 6) is 7.40. The highest BCUT2D eigenvalue weighted by Crippen LogP contribution is 2.74. The molecule has 0 radical (unpaired) electrons. The molecule has 0 spiro atoms. The third-order valence-electron chi connectivity index (χ3n) is 8.64. The van der Waals surface area contributed by atoms with Gasteiger partial charge in [-0.3, -0.25) is 0 Å². The molecular formula is C21H36O4Si. The summed E-state index contributed by atoms with van der Waals surface area (Å²) in [6.45, 7) is 10.8. The van der Waals surface area contributed by atoms with Crippen molar-refractivity contribution in [1.29, 1.82) is 0 Å². The van der Waals surface area contributed by atoms with E-state index < -0.39 is 8.80 Å². The largest absolute Gasteiger partial charge is 0.500 e. The van der Waals surface area contributed by atoms with Crippen LogP contribution in [0.3, 0.4) is 0 Å². The van der Waals surface area contributed by atoms with Crippen molar-refractivity contribution < 1.29 is 18.0 Å². The molecule has 1 heterocycles. The van der Waals surface area contributed by atoms with Gasteiger partial charge in [0.25, 0.3) is 0 Å². The van der Waals surface area contributed by atoms with E-state index in [2.05, 4.69) is 27.7 Å². The quantitative estimate of drug-likeness (QED) is 0.345. The zero-order valence-corrected chi connectivity index (χ0v) is 17.9. The topological polar surface area (TPSA) is 40.2 Å². The second kappa shape index (κ2) is 6.55. The number of epoxide rings is 1. The van der Waals surface area contributed by atoms with E-state index in [1.807, 2.05) is 0 Å². The summed E-state index contributed by atoms with van der Waals surface area (Å²) >= 11 is 0. The van der Waals surface area contributed by atoms with Crippen LogP contribution < -0.4 is 0 Å². The van der Waals surface area contributed by atoms with Crippen LogP contribution >= 0.6 is 0 Å². The maximum atomic E-state index is 6.11. The minimum absolute atomic E-state index is 0.650. The maximum Gasteiger partial charge on any atom is 0.500 e. The summed E-state index contributed by atoms with van der Waals surface area (Å²) < 4.78 is 24.4. The molecule has 5 rings (SSSR count). The number of hydrogen-bond donors (Lipinski definition) is 0. The smallest absolute Gasteiger partial charge is 0.374 e. The fourth-order valence-corrected chi connectivity index (χ4v) is 10.9. The molecule has 1 aliphatic heterocycles. The summed E-state index contributed by atoms with van der Waals surface area (Å²) in [7, 11) is -2.49. The van der Waals surface area contributed by atoms with E-state index in [-0.39, 0.29) is 0 Å². The summed E-state index contributed by atoms with van der Waals surface area (Å²) in [5, 5.41) is 0. The van der Waals surface area contributed by atoms with Crippen molar-refractivity contribution >= 4 is 8.80 Å². The van der Waals surface area contributed by atoms with Gasteiger partial charge in [0.1, 0.15) is 0 Å². The highest BCUT2D eigenvalue weighted by Gasteiger charge is 2.74. The standard InChI is InChI=1S/C21H36O4Si/c1-5-22-26(23-6-2,24-7-3)9-8-13-10-14-12(4)17(13)19-16-11-15(18(14)19)20-21(16)25-20/h12-21H,5-11H2,1-4H3. The molecule has 5 heteroatoms. The lowest BCUT2D eigenvalue weighted by molar-refractivity contribution is 0.0643. The van der Waals surface area contributed by atoms with Crippen LogP contribution in [0.4, 0.5) is 0 Å². The van der Waals surface area contributed by atoms with Gasteiger partial charge in [-0.05, 0) is 87.4 Å². The molecule has 4 aliphatic carbocycles. The van der Waals surface area contributed by atoms with Crippen LogP contribution in [0.5, 0.6) is 0 Å². The van der Waals surface area contributed by atoms with Crippen LogP contribution in [0.25, 0.3) is 0 Å². The van der Waals surface area contributed by atoms with Gasteiger partial charge < -0.3 is 18.0 Å². The van der Waals surface area contributed by atoms with Crippen LogP contribution in [-0.4, -0.2) is 40.8 Å². The van der Waals surface area contributed by atoms with Gasteiger partial charge >= 0.3 is 8.80 Å². The van der Waals surface area contributed by atoms with Crippen molar-refractivity contribution in [3.8, 4) is 0 Å². The molecule has 0 amide bonds. The summed E-state index contributed by atoms with van der Waals surface area (Å²) in [4.78, 5) is 0. The fourth-order valence-electron chi connectivity index (χ4n) is 8.16. The van der Waals surface area contributed by atoms with E-state index in [0.717, 1.165) is 53.4 Å². The van der Waals surface area contributed by atoms with Gasteiger partial charge in [0.05, 0.1) is 12.2 Å². The maximum absolute atomic E-state index is 6.11. The predicted molar refractivity (Wildman–Crippen MR) is 102 cm³/mol. The normalized spacial score (nSPS) is 50.3. The van der Waals surface area contributed by atoms with Crippen molar-refractivity contribution in [2.45, 2.75) is 65.2 Å². The average molecular weight is 381 g/mol. The van der Waals surface area contributed by atoms with Gasteiger partial charge in [-0.25, -0.2) is 0 Å². The van der Waals surface area contributed by atoms with Crippen LogP contribution in [-0.2, 0) is 18.0 Å². The molecule has 4 bridgehead atoms. The minimum Gasteiger partial charge on any atom is -0.374 e. The minimum atomic E-state index is -2.49. The molecule has 5 fully saturated rings. The van der Waals surface area contributed by atoms with E-state index in [1.165, 1.54) is 19.3 Å².